The second kappa shape index (κ2) is 15.6. The molecule has 2 aromatic carbocycles. The third-order valence-corrected chi connectivity index (χ3v) is 11.5. The van der Waals surface area contributed by atoms with Gasteiger partial charge in [-0.15, -0.1) is 0 Å². The fraction of sp³-hybridized carbons (Fsp3) is 0.526. The van der Waals surface area contributed by atoms with Gasteiger partial charge in [-0.3, -0.25) is 19.2 Å². The number of carbonyl (C=O) groups is 2. The molecule has 3 saturated heterocycles. The van der Waals surface area contributed by atoms with Crippen molar-refractivity contribution >= 4 is 39.6 Å². The number of amides is 3. The van der Waals surface area contributed by atoms with Crippen LogP contribution < -0.4 is 16.7 Å². The van der Waals surface area contributed by atoms with E-state index in [0.717, 1.165) is 43.5 Å². The van der Waals surface area contributed by atoms with Crippen molar-refractivity contribution in [3.8, 4) is 0 Å². The molecule has 0 spiro atoms. The van der Waals surface area contributed by atoms with Gasteiger partial charge < -0.3 is 30.7 Å². The number of aromatic amines is 1. The number of nitrogens with two attached hydrogens (primary N) is 1. The molecule has 0 radical (unpaired) electrons. The average Bonchev–Trinajstić information content (AvgIpc) is 3.35. The summed E-state index contributed by atoms with van der Waals surface area (Å²) in [5.41, 5.74) is 1.83. The molecular formula is C38H45F6N9O3. The van der Waals surface area contributed by atoms with E-state index < -0.39 is 59.1 Å². The van der Waals surface area contributed by atoms with E-state index >= 15 is 0 Å². The number of benzene rings is 2. The van der Waals surface area contributed by atoms with Crippen molar-refractivity contribution in [3.63, 3.8) is 0 Å². The molecule has 302 valence electrons. The van der Waals surface area contributed by atoms with Crippen molar-refractivity contribution in [2.45, 2.75) is 69.0 Å². The molecule has 7 rings (SSSR count). The Labute approximate surface area is 318 Å². The minimum absolute atomic E-state index is 0.173. The van der Waals surface area contributed by atoms with E-state index in [-0.39, 0.29) is 30.9 Å². The molecule has 3 aliphatic heterocycles. The number of alkyl halides is 6. The van der Waals surface area contributed by atoms with Gasteiger partial charge in [0.2, 0.25) is 5.91 Å². The van der Waals surface area contributed by atoms with E-state index in [1.54, 1.807) is 10.8 Å². The third-order valence-electron chi connectivity index (χ3n) is 11.5. The van der Waals surface area contributed by atoms with Crippen LogP contribution in [0.3, 0.4) is 0 Å². The molecule has 0 unspecified atom stereocenters. The number of nitrogen functional groups attached to an aromatic ring is 1. The Hall–Kier alpha value is -4.84. The van der Waals surface area contributed by atoms with Crippen LogP contribution in [-0.4, -0.2) is 118 Å². The molecule has 3 aliphatic rings. The number of nitrogens with one attached hydrogen (secondary N) is 2. The maximum atomic E-state index is 14.2. The SMILES string of the molecule is CN1CCCN(C2CCN(C(=O)[C@@H](Cc3cc(C(F)(F)F)c(N)c(C(F)(F)F)c3)NC(=O)N3CCC(n4c(=O)[nH]c5c6ccccc6ncc54)CC3)CC2)CC1. The van der Waals surface area contributed by atoms with E-state index in [0.29, 0.717) is 61.9 Å². The van der Waals surface area contributed by atoms with E-state index in [4.69, 9.17) is 5.73 Å². The van der Waals surface area contributed by atoms with Crippen LogP contribution in [-0.2, 0) is 23.6 Å². The first kappa shape index (κ1) is 39.4. The van der Waals surface area contributed by atoms with Gasteiger partial charge in [0.05, 0.1) is 39.6 Å². The number of carbonyl (C=O) groups excluding carboxylic acids is 2. The molecule has 12 nitrogen and oxygen atoms in total. The van der Waals surface area contributed by atoms with Gasteiger partial charge in [0.1, 0.15) is 6.04 Å². The number of fused-ring (bicyclic) bond motifs is 3. The van der Waals surface area contributed by atoms with Crippen molar-refractivity contribution < 1.29 is 35.9 Å². The number of urea groups is 1. The van der Waals surface area contributed by atoms with Crippen LogP contribution in [0.15, 0.2) is 47.4 Å². The summed E-state index contributed by atoms with van der Waals surface area (Å²) in [6, 6.07) is 6.22. The topological polar surface area (TPSA) is 136 Å². The number of H-pyrrole nitrogens is 1. The van der Waals surface area contributed by atoms with Gasteiger partial charge in [-0.1, -0.05) is 18.2 Å². The predicted octanol–water partition coefficient (Wildman–Crippen LogP) is 5.08. The van der Waals surface area contributed by atoms with Crippen LogP contribution in [0.4, 0.5) is 36.8 Å². The van der Waals surface area contributed by atoms with Gasteiger partial charge in [0.25, 0.3) is 0 Å². The summed E-state index contributed by atoms with van der Waals surface area (Å²) in [6.07, 6.45) is -6.37. The summed E-state index contributed by atoms with van der Waals surface area (Å²) >= 11 is 0. The van der Waals surface area contributed by atoms with E-state index in [2.05, 4.69) is 32.1 Å². The van der Waals surface area contributed by atoms with Crippen LogP contribution in [0, 0.1) is 0 Å². The summed E-state index contributed by atoms with van der Waals surface area (Å²) < 4.78 is 85.4. The number of nitrogens with zero attached hydrogens (tertiary/aromatic N) is 6. The zero-order valence-electron chi connectivity index (χ0n) is 30.9. The van der Waals surface area contributed by atoms with Crippen LogP contribution >= 0.6 is 0 Å². The zero-order valence-corrected chi connectivity index (χ0v) is 30.9. The summed E-state index contributed by atoms with van der Waals surface area (Å²) in [5, 5.41) is 3.45. The molecule has 0 saturated carbocycles. The molecule has 0 bridgehead atoms. The molecule has 0 aliphatic carbocycles. The van der Waals surface area contributed by atoms with Crippen LogP contribution in [0.25, 0.3) is 21.9 Å². The standard InChI is InChI=1S/C38H45F6N9O3/c1-49-11-4-12-50(18-17-49)24-7-13-51(14-8-24)34(54)30(21-23-19-27(37(39,40)41)32(45)28(20-23)38(42,43)44)47-35(55)52-15-9-25(10-16-52)53-31-22-46-29-6-3-2-5-26(29)33(31)48-36(53)56/h2-3,5-6,19-20,22,24-25,30H,4,7-18,21,45H2,1H3,(H,47,55)(H,48,56)/t30-/m1/s1. The quantitative estimate of drug-likeness (QED) is 0.183. The van der Waals surface area contributed by atoms with Gasteiger partial charge in [-0.2, -0.15) is 26.3 Å². The van der Waals surface area contributed by atoms with E-state index in [1.165, 1.54) is 9.80 Å². The number of pyridine rings is 1. The first-order chi connectivity index (χ1) is 26.6. The number of para-hydroxylation sites is 1. The smallest absolute Gasteiger partial charge is 0.398 e. The van der Waals surface area contributed by atoms with Crippen molar-refractivity contribution in [1.82, 2.24) is 39.5 Å². The number of halogens is 6. The third kappa shape index (κ3) is 8.17. The molecule has 3 amide bonds. The van der Waals surface area contributed by atoms with Crippen LogP contribution in [0.5, 0.6) is 0 Å². The lowest BCUT2D eigenvalue weighted by Gasteiger charge is -2.39. The van der Waals surface area contributed by atoms with E-state index in [1.807, 2.05) is 24.3 Å². The van der Waals surface area contributed by atoms with Gasteiger partial charge in [-0.25, -0.2) is 9.59 Å². The first-order valence-electron chi connectivity index (χ1n) is 18.9. The molecule has 1 atom stereocenters. The van der Waals surface area contributed by atoms with Gasteiger partial charge in [-0.05, 0) is 76.0 Å². The molecule has 3 fully saturated rings. The number of imidazole rings is 1. The van der Waals surface area contributed by atoms with Crippen molar-refractivity contribution in [1.29, 1.82) is 0 Å². The molecule has 5 heterocycles. The highest BCUT2D eigenvalue weighted by atomic mass is 19.4. The molecule has 56 heavy (non-hydrogen) atoms. The lowest BCUT2D eigenvalue weighted by atomic mass is 9.96. The Morgan fingerprint density at radius 1 is 0.875 bits per heavy atom. The van der Waals surface area contributed by atoms with Gasteiger partial charge in [0, 0.05) is 63.2 Å². The van der Waals surface area contributed by atoms with Gasteiger partial charge in [0.15, 0.2) is 0 Å². The largest absolute Gasteiger partial charge is 0.418 e. The summed E-state index contributed by atoms with van der Waals surface area (Å²) in [6.45, 7) is 4.69. The Bertz CT molecular complexity index is 2100. The molecule has 4 aromatic rings. The lowest BCUT2D eigenvalue weighted by Crippen LogP contribution is -2.56. The number of likely N-dealkylation sites (tertiary alicyclic amines) is 2. The average molecular weight is 790 g/mol. The van der Waals surface area contributed by atoms with Crippen molar-refractivity contribution in [3.05, 3.63) is 69.8 Å². The molecule has 18 heteroatoms. The summed E-state index contributed by atoms with van der Waals surface area (Å²) in [7, 11) is 2.07. The number of hydrogen-bond acceptors (Lipinski definition) is 7. The number of likely N-dealkylation sites (N-methyl/N-ethyl adjacent to an activating group) is 1. The van der Waals surface area contributed by atoms with E-state index in [9.17, 15) is 40.7 Å². The number of hydrogen-bond donors (Lipinski definition) is 3. The Morgan fingerprint density at radius 2 is 1.50 bits per heavy atom. The lowest BCUT2D eigenvalue weighted by molar-refractivity contribution is -0.141. The summed E-state index contributed by atoms with van der Waals surface area (Å²) in [4.78, 5) is 56.2. The monoisotopic (exact) mass is 789 g/mol. The minimum Gasteiger partial charge on any atom is -0.398 e. The fourth-order valence-corrected chi connectivity index (χ4v) is 8.49. The minimum atomic E-state index is -5.20. The Morgan fingerprint density at radius 3 is 2.16 bits per heavy atom. The van der Waals surface area contributed by atoms with Crippen molar-refractivity contribution in [2.75, 3.05) is 65.1 Å². The highest BCUT2D eigenvalue weighted by molar-refractivity contribution is 6.01. The maximum absolute atomic E-state index is 14.2. The van der Waals surface area contributed by atoms with Crippen LogP contribution in [0.1, 0.15) is 54.8 Å². The van der Waals surface area contributed by atoms with Gasteiger partial charge >= 0.3 is 24.1 Å². The Kier molecular flexibility index (Phi) is 11.0. The summed E-state index contributed by atoms with van der Waals surface area (Å²) in [5.74, 6) is -0.591. The number of piperidine rings is 2. The molecular weight excluding hydrogens is 744 g/mol. The zero-order chi connectivity index (χ0) is 39.9. The molecule has 4 N–H and O–H groups in total. The first-order valence-corrected chi connectivity index (χ1v) is 18.9. The second-order valence-corrected chi connectivity index (χ2v) is 15.1. The second-order valence-electron chi connectivity index (χ2n) is 15.1. The highest BCUT2D eigenvalue weighted by Gasteiger charge is 2.42. The number of rotatable bonds is 6. The Balaban J connectivity index is 1.09. The number of aromatic nitrogens is 3. The maximum Gasteiger partial charge on any atom is 0.418 e. The highest BCUT2D eigenvalue weighted by Crippen LogP contribution is 2.42. The fourth-order valence-electron chi connectivity index (χ4n) is 8.49. The molecule has 2 aromatic heterocycles. The normalized spacial score (nSPS) is 19.4. The predicted molar refractivity (Wildman–Crippen MR) is 198 cm³/mol. The van der Waals surface area contributed by atoms with Crippen molar-refractivity contribution in [2.24, 2.45) is 0 Å². The number of anilines is 1. The van der Waals surface area contributed by atoms with Crippen LogP contribution in [0.2, 0.25) is 0 Å².